The van der Waals surface area contributed by atoms with Crippen molar-refractivity contribution in [2.24, 2.45) is 5.73 Å². The maximum atomic E-state index is 6.07. The Morgan fingerprint density at radius 1 is 0.905 bits per heavy atom. The van der Waals surface area contributed by atoms with Crippen LogP contribution in [0, 0.1) is 6.92 Å². The molecule has 2 N–H and O–H groups in total. The molecule has 0 aromatic heterocycles. The van der Waals surface area contributed by atoms with Gasteiger partial charge in [-0.05, 0) is 54.4 Å². The fraction of sp³-hybridized carbons (Fsp3) is 0.158. The van der Waals surface area contributed by atoms with E-state index in [1.165, 1.54) is 16.3 Å². The maximum Gasteiger partial charge on any atom is 0.130 e. The van der Waals surface area contributed by atoms with Gasteiger partial charge in [0.1, 0.15) is 11.5 Å². The van der Waals surface area contributed by atoms with Gasteiger partial charge in [0, 0.05) is 0 Å². The van der Waals surface area contributed by atoms with Crippen LogP contribution in [0.3, 0.4) is 0 Å². The molecule has 0 aliphatic heterocycles. The predicted molar refractivity (Wildman–Crippen MR) is 88.0 cm³/mol. The van der Waals surface area contributed by atoms with Crippen molar-refractivity contribution in [3.63, 3.8) is 0 Å². The lowest BCUT2D eigenvalue weighted by molar-refractivity contribution is 0.477. The quantitative estimate of drug-likeness (QED) is 0.765. The average Bonchev–Trinajstić information content (AvgIpc) is 2.50. The first-order chi connectivity index (χ1) is 10.3. The van der Waals surface area contributed by atoms with Crippen molar-refractivity contribution in [1.82, 2.24) is 0 Å². The van der Waals surface area contributed by atoms with E-state index < -0.39 is 0 Å². The monoisotopic (exact) mass is 277 g/mol. The second-order valence-electron chi connectivity index (χ2n) is 5.26. The summed E-state index contributed by atoms with van der Waals surface area (Å²) in [7, 11) is 0. The fourth-order valence-electron chi connectivity index (χ4n) is 2.52. The highest BCUT2D eigenvalue weighted by atomic mass is 16.5. The second kappa shape index (κ2) is 5.98. The lowest BCUT2D eigenvalue weighted by atomic mass is 10.1. The maximum absolute atomic E-state index is 6.07. The molecule has 0 saturated heterocycles. The minimum atomic E-state index is 0.623. The third-order valence-electron chi connectivity index (χ3n) is 3.58. The van der Waals surface area contributed by atoms with Crippen molar-refractivity contribution in [3.05, 3.63) is 71.8 Å². The highest BCUT2D eigenvalue weighted by molar-refractivity contribution is 5.83. The van der Waals surface area contributed by atoms with Crippen LogP contribution in [0.4, 0.5) is 0 Å². The summed E-state index contributed by atoms with van der Waals surface area (Å²) in [5.41, 5.74) is 8.08. The Bertz CT molecular complexity index is 764. The van der Waals surface area contributed by atoms with E-state index >= 15 is 0 Å². The van der Waals surface area contributed by atoms with Gasteiger partial charge in [-0.15, -0.1) is 0 Å². The minimum Gasteiger partial charge on any atom is -0.457 e. The smallest absolute Gasteiger partial charge is 0.130 e. The summed E-state index contributed by atoms with van der Waals surface area (Å²) >= 11 is 0. The molecule has 106 valence electrons. The van der Waals surface area contributed by atoms with Gasteiger partial charge in [0.05, 0.1) is 0 Å². The zero-order valence-electron chi connectivity index (χ0n) is 12.2. The summed E-state index contributed by atoms with van der Waals surface area (Å²) in [6.45, 7) is 2.71. The molecular weight excluding hydrogens is 258 g/mol. The first-order valence-electron chi connectivity index (χ1n) is 7.22. The molecule has 0 aliphatic carbocycles. The number of nitrogens with two attached hydrogens (primary N) is 1. The molecule has 0 saturated carbocycles. The zero-order chi connectivity index (χ0) is 14.7. The molecule has 3 aromatic rings. The largest absolute Gasteiger partial charge is 0.457 e. The van der Waals surface area contributed by atoms with Crippen LogP contribution < -0.4 is 10.5 Å². The summed E-state index contributed by atoms with van der Waals surface area (Å²) in [5, 5.41) is 2.40. The third-order valence-corrected chi connectivity index (χ3v) is 3.58. The number of fused-ring (bicyclic) bond motifs is 1. The summed E-state index contributed by atoms with van der Waals surface area (Å²) in [5.74, 6) is 1.75. The van der Waals surface area contributed by atoms with E-state index in [9.17, 15) is 0 Å². The molecule has 2 heteroatoms. The van der Waals surface area contributed by atoms with Crippen molar-refractivity contribution in [2.45, 2.75) is 13.3 Å². The fourth-order valence-corrected chi connectivity index (χ4v) is 2.52. The predicted octanol–water partition coefficient (Wildman–Crippen LogP) is 4.44. The van der Waals surface area contributed by atoms with Crippen LogP contribution in [0.5, 0.6) is 11.5 Å². The van der Waals surface area contributed by atoms with E-state index in [-0.39, 0.29) is 0 Å². The van der Waals surface area contributed by atoms with E-state index in [1.54, 1.807) is 0 Å². The van der Waals surface area contributed by atoms with Crippen LogP contribution in [-0.4, -0.2) is 6.54 Å². The highest BCUT2D eigenvalue weighted by Gasteiger charge is 2.05. The highest BCUT2D eigenvalue weighted by Crippen LogP contribution is 2.29. The molecule has 0 fully saturated rings. The normalized spacial score (nSPS) is 10.8. The van der Waals surface area contributed by atoms with Crippen LogP contribution in [0.15, 0.2) is 60.7 Å². The molecule has 0 bridgehead atoms. The van der Waals surface area contributed by atoms with E-state index in [1.807, 2.05) is 24.3 Å². The standard InChI is InChI=1S/C19H19NO/c1-14-6-9-19(17(12-14)10-11-20)21-18-8-7-15-4-2-3-5-16(15)13-18/h2-9,12-13H,10-11,20H2,1H3. The second-order valence-corrected chi connectivity index (χ2v) is 5.26. The number of benzene rings is 3. The minimum absolute atomic E-state index is 0.623. The van der Waals surface area contributed by atoms with Crippen LogP contribution >= 0.6 is 0 Å². The zero-order valence-corrected chi connectivity index (χ0v) is 12.2. The molecule has 3 rings (SSSR count). The van der Waals surface area contributed by atoms with Crippen molar-refractivity contribution < 1.29 is 4.74 Å². The van der Waals surface area contributed by atoms with Gasteiger partial charge >= 0.3 is 0 Å². The van der Waals surface area contributed by atoms with Gasteiger partial charge < -0.3 is 10.5 Å². The summed E-state index contributed by atoms with van der Waals surface area (Å²) in [6, 6.07) is 20.7. The molecule has 3 aromatic carbocycles. The van der Waals surface area contributed by atoms with Gasteiger partial charge in [0.2, 0.25) is 0 Å². The van der Waals surface area contributed by atoms with Crippen LogP contribution in [0.1, 0.15) is 11.1 Å². The molecule has 21 heavy (non-hydrogen) atoms. The lowest BCUT2D eigenvalue weighted by Gasteiger charge is -2.12. The number of aryl methyl sites for hydroxylation is 1. The number of hydrogen-bond donors (Lipinski definition) is 1. The average molecular weight is 277 g/mol. The lowest BCUT2D eigenvalue weighted by Crippen LogP contribution is -2.04. The Hall–Kier alpha value is -2.32. The number of rotatable bonds is 4. The number of hydrogen-bond acceptors (Lipinski definition) is 2. The summed E-state index contributed by atoms with van der Waals surface area (Å²) in [4.78, 5) is 0. The van der Waals surface area contributed by atoms with E-state index in [4.69, 9.17) is 10.5 Å². The molecule has 2 nitrogen and oxygen atoms in total. The first-order valence-corrected chi connectivity index (χ1v) is 7.22. The van der Waals surface area contributed by atoms with E-state index in [2.05, 4.69) is 43.3 Å². The molecule has 0 heterocycles. The Morgan fingerprint density at radius 3 is 2.52 bits per heavy atom. The molecule has 0 unspecified atom stereocenters. The van der Waals surface area contributed by atoms with Gasteiger partial charge in [-0.3, -0.25) is 0 Å². The Morgan fingerprint density at radius 2 is 1.71 bits per heavy atom. The van der Waals surface area contributed by atoms with Crippen molar-refractivity contribution in [2.75, 3.05) is 6.54 Å². The molecular formula is C19H19NO. The van der Waals surface area contributed by atoms with Crippen molar-refractivity contribution >= 4 is 10.8 Å². The van der Waals surface area contributed by atoms with Gasteiger partial charge in [0.25, 0.3) is 0 Å². The van der Waals surface area contributed by atoms with Gasteiger partial charge in [-0.1, -0.05) is 48.0 Å². The van der Waals surface area contributed by atoms with Gasteiger partial charge in [0.15, 0.2) is 0 Å². The Balaban J connectivity index is 1.94. The summed E-state index contributed by atoms with van der Waals surface area (Å²) < 4.78 is 6.07. The number of ether oxygens (including phenoxy) is 1. The SMILES string of the molecule is Cc1ccc(Oc2ccc3ccccc3c2)c(CCN)c1. The Kier molecular flexibility index (Phi) is 3.89. The van der Waals surface area contributed by atoms with E-state index in [0.29, 0.717) is 6.54 Å². The van der Waals surface area contributed by atoms with Crippen LogP contribution in [-0.2, 0) is 6.42 Å². The van der Waals surface area contributed by atoms with Gasteiger partial charge in [-0.2, -0.15) is 0 Å². The van der Waals surface area contributed by atoms with Crippen LogP contribution in [0.25, 0.3) is 10.8 Å². The van der Waals surface area contributed by atoms with E-state index in [0.717, 1.165) is 23.5 Å². The van der Waals surface area contributed by atoms with Crippen molar-refractivity contribution in [1.29, 1.82) is 0 Å². The van der Waals surface area contributed by atoms with Gasteiger partial charge in [-0.25, -0.2) is 0 Å². The van der Waals surface area contributed by atoms with Crippen molar-refractivity contribution in [3.8, 4) is 11.5 Å². The molecule has 0 spiro atoms. The first kappa shape index (κ1) is 13.7. The molecule has 0 aliphatic rings. The Labute approximate surface area is 125 Å². The van der Waals surface area contributed by atoms with Crippen LogP contribution in [0.2, 0.25) is 0 Å². The third kappa shape index (κ3) is 3.06. The molecule has 0 amide bonds. The summed E-state index contributed by atoms with van der Waals surface area (Å²) in [6.07, 6.45) is 0.824. The molecule has 0 radical (unpaired) electrons. The molecule has 0 atom stereocenters. The topological polar surface area (TPSA) is 35.2 Å².